The molecule has 2 aromatic rings. The highest BCUT2D eigenvalue weighted by Crippen LogP contribution is 2.28. The number of aryl methyl sites for hydroxylation is 2. The van der Waals surface area contributed by atoms with E-state index in [1.807, 2.05) is 24.3 Å². The molecular formula is C24H27N3O3S. The van der Waals surface area contributed by atoms with Crippen LogP contribution in [-0.2, 0) is 34.1 Å². The number of nitrogens with one attached hydrogen (secondary N) is 1. The normalized spacial score (nSPS) is 17.5. The van der Waals surface area contributed by atoms with E-state index >= 15 is 0 Å². The molecule has 1 aliphatic heterocycles. The Morgan fingerprint density at radius 3 is 2.39 bits per heavy atom. The number of hydrogen-bond donors (Lipinski definition) is 1. The standard InChI is InChI=1S/C24H27N3O3S/c25-14-11-18-5-8-22(9-6-18)26-24(28)20-12-15-27(16-13-20)31(29,30)23-10-7-19-3-1-2-4-21(19)17-23/h5-10,17,20H,1-4,11-13,15-16H2,(H,26,28). The summed E-state index contributed by atoms with van der Waals surface area (Å²) in [4.78, 5) is 13.0. The molecule has 162 valence electrons. The van der Waals surface area contributed by atoms with Crippen LogP contribution in [0.15, 0.2) is 47.4 Å². The lowest BCUT2D eigenvalue weighted by molar-refractivity contribution is -0.120. The third kappa shape index (κ3) is 4.81. The lowest BCUT2D eigenvalue weighted by Crippen LogP contribution is -2.41. The van der Waals surface area contributed by atoms with Crippen molar-refractivity contribution in [2.24, 2.45) is 5.92 Å². The Hall–Kier alpha value is -2.69. The highest BCUT2D eigenvalue weighted by molar-refractivity contribution is 7.89. The summed E-state index contributed by atoms with van der Waals surface area (Å²) >= 11 is 0. The summed E-state index contributed by atoms with van der Waals surface area (Å²) in [6.07, 6.45) is 5.59. The van der Waals surface area contributed by atoms with Gasteiger partial charge >= 0.3 is 0 Å². The van der Waals surface area contributed by atoms with Gasteiger partial charge in [-0.2, -0.15) is 9.57 Å². The third-order valence-corrected chi connectivity index (χ3v) is 8.18. The number of rotatable bonds is 5. The zero-order valence-corrected chi connectivity index (χ0v) is 18.3. The van der Waals surface area contributed by atoms with Gasteiger partial charge in [-0.3, -0.25) is 4.79 Å². The second-order valence-electron chi connectivity index (χ2n) is 8.34. The van der Waals surface area contributed by atoms with Crippen molar-refractivity contribution in [3.63, 3.8) is 0 Å². The topological polar surface area (TPSA) is 90.3 Å². The zero-order valence-electron chi connectivity index (χ0n) is 17.5. The molecule has 1 aliphatic carbocycles. The summed E-state index contributed by atoms with van der Waals surface area (Å²) in [7, 11) is -3.54. The molecule has 2 aromatic carbocycles. The van der Waals surface area contributed by atoms with Gasteiger partial charge in [-0.25, -0.2) is 8.42 Å². The molecule has 0 spiro atoms. The number of carbonyl (C=O) groups excluding carboxylic acids is 1. The van der Waals surface area contributed by atoms with Crippen LogP contribution in [0.1, 0.15) is 42.4 Å². The van der Waals surface area contributed by atoms with E-state index in [4.69, 9.17) is 5.26 Å². The molecule has 0 unspecified atom stereocenters. The lowest BCUT2D eigenvalue weighted by atomic mass is 9.92. The maximum absolute atomic E-state index is 13.1. The number of nitriles is 1. The molecule has 1 fully saturated rings. The third-order valence-electron chi connectivity index (χ3n) is 6.29. The van der Waals surface area contributed by atoms with Gasteiger partial charge in [0.15, 0.2) is 0 Å². The number of piperidine rings is 1. The van der Waals surface area contributed by atoms with Gasteiger partial charge in [0.2, 0.25) is 15.9 Å². The Balaban J connectivity index is 1.36. The number of nitrogens with zero attached hydrogens (tertiary/aromatic N) is 2. The number of anilines is 1. The van der Waals surface area contributed by atoms with E-state index in [1.165, 1.54) is 16.3 Å². The van der Waals surface area contributed by atoms with Crippen LogP contribution in [0.4, 0.5) is 5.69 Å². The first-order valence-electron chi connectivity index (χ1n) is 10.9. The minimum atomic E-state index is -3.54. The number of benzene rings is 2. The summed E-state index contributed by atoms with van der Waals surface area (Å²) < 4.78 is 27.8. The van der Waals surface area contributed by atoms with Crippen molar-refractivity contribution >= 4 is 21.6 Å². The van der Waals surface area contributed by atoms with E-state index in [9.17, 15) is 13.2 Å². The second-order valence-corrected chi connectivity index (χ2v) is 10.3. The zero-order chi connectivity index (χ0) is 21.8. The van der Waals surface area contributed by atoms with Gasteiger partial charge in [-0.1, -0.05) is 18.2 Å². The first kappa shape index (κ1) is 21.5. The van der Waals surface area contributed by atoms with Crippen molar-refractivity contribution in [2.75, 3.05) is 18.4 Å². The molecule has 1 saturated heterocycles. The molecule has 0 radical (unpaired) electrons. The van der Waals surface area contributed by atoms with Crippen LogP contribution < -0.4 is 5.32 Å². The Morgan fingerprint density at radius 2 is 1.71 bits per heavy atom. The number of hydrogen-bond acceptors (Lipinski definition) is 4. The SMILES string of the molecule is N#CCc1ccc(NC(=O)C2CCN(S(=O)(=O)c3ccc4c(c3)CCCC4)CC2)cc1. The molecular weight excluding hydrogens is 410 g/mol. The summed E-state index contributed by atoms with van der Waals surface area (Å²) in [5, 5.41) is 11.7. The van der Waals surface area contributed by atoms with Crippen molar-refractivity contribution in [1.29, 1.82) is 5.26 Å². The average Bonchev–Trinajstić information content (AvgIpc) is 2.80. The summed E-state index contributed by atoms with van der Waals surface area (Å²) in [5.41, 5.74) is 4.01. The molecule has 0 saturated carbocycles. The van der Waals surface area contributed by atoms with Gasteiger partial charge in [0, 0.05) is 24.7 Å². The van der Waals surface area contributed by atoms with Crippen LogP contribution in [0.25, 0.3) is 0 Å². The quantitative estimate of drug-likeness (QED) is 0.773. The number of amides is 1. The number of carbonyl (C=O) groups is 1. The van der Waals surface area contributed by atoms with Crippen molar-refractivity contribution in [2.45, 2.75) is 49.8 Å². The van der Waals surface area contributed by atoms with E-state index < -0.39 is 10.0 Å². The maximum Gasteiger partial charge on any atom is 0.243 e. The monoisotopic (exact) mass is 437 g/mol. The average molecular weight is 438 g/mol. The predicted octanol–water partition coefficient (Wildman–Crippen LogP) is 3.67. The molecule has 6 nitrogen and oxygen atoms in total. The molecule has 0 aromatic heterocycles. The Bertz CT molecular complexity index is 1100. The number of fused-ring (bicyclic) bond motifs is 1. The Morgan fingerprint density at radius 1 is 1.03 bits per heavy atom. The maximum atomic E-state index is 13.1. The van der Waals surface area contributed by atoms with Crippen LogP contribution in [0.3, 0.4) is 0 Å². The summed E-state index contributed by atoms with van der Waals surface area (Å²) in [6.45, 7) is 0.692. The first-order chi connectivity index (χ1) is 15.0. The van der Waals surface area contributed by atoms with Gasteiger partial charge in [-0.05, 0) is 79.5 Å². The highest BCUT2D eigenvalue weighted by Gasteiger charge is 2.32. The van der Waals surface area contributed by atoms with Crippen LogP contribution >= 0.6 is 0 Å². The fourth-order valence-corrected chi connectivity index (χ4v) is 5.94. The lowest BCUT2D eigenvalue weighted by Gasteiger charge is -2.31. The molecule has 4 rings (SSSR count). The van der Waals surface area contributed by atoms with E-state index in [-0.39, 0.29) is 11.8 Å². The highest BCUT2D eigenvalue weighted by atomic mass is 32.2. The molecule has 1 amide bonds. The fourth-order valence-electron chi connectivity index (χ4n) is 4.42. The van der Waals surface area contributed by atoms with Crippen LogP contribution in [0, 0.1) is 17.2 Å². The van der Waals surface area contributed by atoms with E-state index in [0.717, 1.165) is 30.4 Å². The molecule has 7 heteroatoms. The van der Waals surface area contributed by atoms with Gasteiger partial charge in [0.05, 0.1) is 17.4 Å². The fraction of sp³-hybridized carbons (Fsp3) is 0.417. The van der Waals surface area contributed by atoms with Crippen molar-refractivity contribution in [3.05, 3.63) is 59.2 Å². The molecule has 0 bridgehead atoms. The van der Waals surface area contributed by atoms with E-state index in [2.05, 4.69) is 11.4 Å². The van der Waals surface area contributed by atoms with Crippen molar-refractivity contribution in [3.8, 4) is 6.07 Å². The van der Waals surface area contributed by atoms with Crippen molar-refractivity contribution < 1.29 is 13.2 Å². The Labute approximate surface area is 183 Å². The molecule has 2 aliphatic rings. The van der Waals surface area contributed by atoms with Crippen LogP contribution in [0.2, 0.25) is 0 Å². The minimum Gasteiger partial charge on any atom is -0.326 e. The minimum absolute atomic E-state index is 0.0844. The molecule has 0 atom stereocenters. The number of sulfonamides is 1. The van der Waals surface area contributed by atoms with E-state index in [0.29, 0.717) is 42.9 Å². The van der Waals surface area contributed by atoms with Crippen LogP contribution in [-0.4, -0.2) is 31.7 Å². The van der Waals surface area contributed by atoms with Gasteiger partial charge < -0.3 is 5.32 Å². The van der Waals surface area contributed by atoms with Gasteiger partial charge in [-0.15, -0.1) is 0 Å². The smallest absolute Gasteiger partial charge is 0.243 e. The largest absolute Gasteiger partial charge is 0.326 e. The van der Waals surface area contributed by atoms with Gasteiger partial charge in [0.25, 0.3) is 0 Å². The van der Waals surface area contributed by atoms with Crippen molar-refractivity contribution in [1.82, 2.24) is 4.31 Å². The predicted molar refractivity (Wildman–Crippen MR) is 119 cm³/mol. The summed E-state index contributed by atoms with van der Waals surface area (Å²) in [6, 6.07) is 14.9. The first-order valence-corrected chi connectivity index (χ1v) is 12.3. The van der Waals surface area contributed by atoms with Gasteiger partial charge in [0.1, 0.15) is 0 Å². The summed E-state index contributed by atoms with van der Waals surface area (Å²) in [5.74, 6) is -0.298. The second kappa shape index (κ2) is 9.21. The van der Waals surface area contributed by atoms with E-state index in [1.54, 1.807) is 18.2 Å². The van der Waals surface area contributed by atoms with Crippen LogP contribution in [0.5, 0.6) is 0 Å². The Kier molecular flexibility index (Phi) is 6.40. The molecule has 1 heterocycles. The molecule has 31 heavy (non-hydrogen) atoms. The molecule has 1 N–H and O–H groups in total.